The second-order valence-corrected chi connectivity index (χ2v) is 6.50. The first-order valence-electron chi connectivity index (χ1n) is 8.53. The van der Waals surface area contributed by atoms with Crippen LogP contribution < -0.4 is 4.74 Å². The van der Waals surface area contributed by atoms with E-state index in [1.165, 1.54) is 5.56 Å². The van der Waals surface area contributed by atoms with Crippen molar-refractivity contribution in [1.82, 2.24) is 24.2 Å². The lowest BCUT2D eigenvalue weighted by Crippen LogP contribution is -2.22. The third-order valence-corrected chi connectivity index (χ3v) is 4.53. The van der Waals surface area contributed by atoms with Gasteiger partial charge in [-0.25, -0.2) is 4.68 Å². The van der Waals surface area contributed by atoms with Crippen LogP contribution in [0.15, 0.2) is 48.8 Å². The lowest BCUT2D eigenvalue weighted by Gasteiger charge is -2.16. The molecule has 0 atom stereocenters. The molecule has 7 heteroatoms. The summed E-state index contributed by atoms with van der Waals surface area (Å²) in [6.45, 7) is 4.08. The van der Waals surface area contributed by atoms with Crippen molar-refractivity contribution in [1.29, 1.82) is 0 Å². The summed E-state index contributed by atoms with van der Waals surface area (Å²) in [4.78, 5) is 6.23. The molecule has 0 bridgehead atoms. The Kier molecular flexibility index (Phi) is 5.80. The van der Waals surface area contributed by atoms with E-state index in [2.05, 4.69) is 34.2 Å². The Labute approximate surface area is 158 Å². The summed E-state index contributed by atoms with van der Waals surface area (Å²) in [6, 6.07) is 12.0. The topological polar surface area (TPSA) is 48.1 Å². The van der Waals surface area contributed by atoms with Gasteiger partial charge in [0.05, 0.1) is 13.3 Å². The quantitative estimate of drug-likeness (QED) is 0.597. The van der Waals surface area contributed by atoms with E-state index in [4.69, 9.17) is 17.0 Å². The average molecular weight is 369 g/mol. The van der Waals surface area contributed by atoms with Crippen molar-refractivity contribution in [2.45, 2.75) is 20.1 Å². The number of nitrogens with zero attached hydrogens (tertiary/aromatic N) is 5. The summed E-state index contributed by atoms with van der Waals surface area (Å²) in [6.07, 6.45) is 3.52. The average Bonchev–Trinajstić information content (AvgIpc) is 2.93. The molecule has 0 unspecified atom stereocenters. The molecule has 0 aliphatic rings. The number of benzene rings is 1. The van der Waals surface area contributed by atoms with Gasteiger partial charge in [0.25, 0.3) is 0 Å². The zero-order valence-corrected chi connectivity index (χ0v) is 16.1. The Morgan fingerprint density at radius 3 is 2.46 bits per heavy atom. The molecular formula is C19H23N5OS. The van der Waals surface area contributed by atoms with Gasteiger partial charge < -0.3 is 9.30 Å². The molecule has 2 aromatic heterocycles. The maximum absolute atomic E-state index is 5.55. The van der Waals surface area contributed by atoms with Crippen LogP contribution in [-0.4, -0.2) is 37.9 Å². The van der Waals surface area contributed by atoms with Crippen LogP contribution in [0.5, 0.6) is 5.75 Å². The summed E-state index contributed by atoms with van der Waals surface area (Å²) >= 11 is 5.55. The number of rotatable bonds is 7. The Hall–Kier alpha value is -2.51. The van der Waals surface area contributed by atoms with Crippen molar-refractivity contribution in [3.63, 3.8) is 0 Å². The van der Waals surface area contributed by atoms with E-state index in [1.54, 1.807) is 12.4 Å². The van der Waals surface area contributed by atoms with Crippen LogP contribution in [0, 0.1) is 4.77 Å². The highest BCUT2D eigenvalue weighted by atomic mass is 32.1. The highest BCUT2D eigenvalue weighted by molar-refractivity contribution is 7.71. The molecule has 0 saturated carbocycles. The predicted molar refractivity (Wildman–Crippen MR) is 104 cm³/mol. The molecule has 0 radical (unpaired) electrons. The number of hydrogen-bond donors (Lipinski definition) is 0. The fraction of sp³-hybridized carbons (Fsp3) is 0.316. The van der Waals surface area contributed by atoms with Gasteiger partial charge in [-0.15, -0.1) is 0 Å². The lowest BCUT2D eigenvalue weighted by molar-refractivity contribution is 0.244. The third kappa shape index (κ3) is 4.17. The van der Waals surface area contributed by atoms with Gasteiger partial charge in [-0.2, -0.15) is 5.10 Å². The molecule has 3 rings (SSSR count). The standard InChI is InChI=1S/C19H23N5OS/c1-4-25-17-7-5-15(6-8-17)13-22(2)14-24-19(26)23(3)18(21-24)16-9-11-20-12-10-16/h5-12H,4,13-14H2,1-3H3. The molecular weight excluding hydrogens is 346 g/mol. The van der Waals surface area contributed by atoms with Crippen LogP contribution in [0.3, 0.4) is 0 Å². The van der Waals surface area contributed by atoms with E-state index in [1.807, 2.05) is 47.5 Å². The molecule has 0 aliphatic heterocycles. The summed E-state index contributed by atoms with van der Waals surface area (Å²) in [5.41, 5.74) is 2.22. The van der Waals surface area contributed by atoms with Crippen LogP contribution in [-0.2, 0) is 20.3 Å². The number of aromatic nitrogens is 4. The second-order valence-electron chi connectivity index (χ2n) is 6.13. The van der Waals surface area contributed by atoms with E-state index in [0.29, 0.717) is 18.0 Å². The van der Waals surface area contributed by atoms with Crippen LogP contribution in [0.4, 0.5) is 0 Å². The van der Waals surface area contributed by atoms with Crippen molar-refractivity contribution in [2.24, 2.45) is 7.05 Å². The molecule has 6 nitrogen and oxygen atoms in total. The normalized spacial score (nSPS) is 11.1. The molecule has 26 heavy (non-hydrogen) atoms. The fourth-order valence-electron chi connectivity index (χ4n) is 2.78. The van der Waals surface area contributed by atoms with Crippen LogP contribution >= 0.6 is 12.2 Å². The van der Waals surface area contributed by atoms with Gasteiger partial charge in [0, 0.05) is 31.5 Å². The first-order chi connectivity index (χ1) is 12.6. The van der Waals surface area contributed by atoms with Gasteiger partial charge in [0.15, 0.2) is 10.6 Å². The van der Waals surface area contributed by atoms with Gasteiger partial charge in [-0.1, -0.05) is 12.1 Å². The first kappa shape index (κ1) is 18.3. The summed E-state index contributed by atoms with van der Waals surface area (Å²) in [7, 11) is 3.99. The van der Waals surface area contributed by atoms with Gasteiger partial charge in [-0.3, -0.25) is 9.88 Å². The number of hydrogen-bond acceptors (Lipinski definition) is 5. The largest absolute Gasteiger partial charge is 0.494 e. The van der Waals surface area contributed by atoms with Crippen LogP contribution in [0.25, 0.3) is 11.4 Å². The smallest absolute Gasteiger partial charge is 0.199 e. The summed E-state index contributed by atoms with van der Waals surface area (Å²) < 4.78 is 9.95. The SMILES string of the molecule is CCOc1ccc(CN(C)Cn2nc(-c3ccncc3)n(C)c2=S)cc1. The van der Waals surface area contributed by atoms with E-state index >= 15 is 0 Å². The summed E-state index contributed by atoms with van der Waals surface area (Å²) in [5, 5.41) is 4.69. The van der Waals surface area contributed by atoms with Gasteiger partial charge in [-0.05, 0) is 56.0 Å². The Bertz CT molecular complexity index is 902. The van der Waals surface area contributed by atoms with Crippen LogP contribution in [0.2, 0.25) is 0 Å². The molecule has 136 valence electrons. The molecule has 0 saturated heterocycles. The van der Waals surface area contributed by atoms with Crippen molar-refractivity contribution in [3.05, 3.63) is 59.1 Å². The predicted octanol–water partition coefficient (Wildman–Crippen LogP) is 3.50. The zero-order chi connectivity index (χ0) is 18.5. The van der Waals surface area contributed by atoms with Crippen molar-refractivity contribution in [2.75, 3.05) is 13.7 Å². The third-order valence-electron chi connectivity index (χ3n) is 4.04. The first-order valence-corrected chi connectivity index (χ1v) is 8.94. The van der Waals surface area contributed by atoms with Crippen LogP contribution in [0.1, 0.15) is 12.5 Å². The van der Waals surface area contributed by atoms with E-state index in [9.17, 15) is 0 Å². The summed E-state index contributed by atoms with van der Waals surface area (Å²) in [5.74, 6) is 1.74. The van der Waals surface area contributed by atoms with Crippen molar-refractivity contribution in [3.8, 4) is 17.1 Å². The molecule has 3 aromatic rings. The zero-order valence-electron chi connectivity index (χ0n) is 15.3. The van der Waals surface area contributed by atoms with Gasteiger partial charge in [0.1, 0.15) is 5.75 Å². The Morgan fingerprint density at radius 2 is 1.81 bits per heavy atom. The molecule has 0 fully saturated rings. The highest BCUT2D eigenvalue weighted by Gasteiger charge is 2.11. The Balaban J connectivity index is 1.71. The minimum Gasteiger partial charge on any atom is -0.494 e. The second kappa shape index (κ2) is 8.25. The molecule has 2 heterocycles. The van der Waals surface area contributed by atoms with Crippen molar-refractivity contribution >= 4 is 12.2 Å². The van der Waals surface area contributed by atoms with E-state index < -0.39 is 0 Å². The molecule has 1 aromatic carbocycles. The monoisotopic (exact) mass is 369 g/mol. The molecule has 0 amide bonds. The molecule has 0 aliphatic carbocycles. The van der Waals surface area contributed by atoms with Gasteiger partial charge >= 0.3 is 0 Å². The maximum atomic E-state index is 5.55. The minimum atomic E-state index is 0.616. The fourth-order valence-corrected chi connectivity index (χ4v) is 2.97. The van der Waals surface area contributed by atoms with Gasteiger partial charge in [0.2, 0.25) is 0 Å². The maximum Gasteiger partial charge on any atom is 0.199 e. The Morgan fingerprint density at radius 1 is 1.12 bits per heavy atom. The number of ether oxygens (including phenoxy) is 1. The van der Waals surface area contributed by atoms with E-state index in [-0.39, 0.29) is 0 Å². The van der Waals surface area contributed by atoms with E-state index in [0.717, 1.165) is 23.7 Å². The molecule has 0 N–H and O–H groups in total. The minimum absolute atomic E-state index is 0.616. The molecule has 0 spiro atoms. The highest BCUT2D eigenvalue weighted by Crippen LogP contribution is 2.17. The lowest BCUT2D eigenvalue weighted by atomic mass is 10.2. The van der Waals surface area contributed by atoms with Crippen molar-refractivity contribution < 1.29 is 4.74 Å². The number of pyridine rings is 1.